The van der Waals surface area contributed by atoms with Crippen LogP contribution in [0.5, 0.6) is 0 Å². The summed E-state index contributed by atoms with van der Waals surface area (Å²) in [5.41, 5.74) is 0.762. The molecule has 17 heavy (non-hydrogen) atoms. The van der Waals surface area contributed by atoms with E-state index in [1.54, 1.807) is 0 Å². The highest BCUT2D eigenvalue weighted by Gasteiger charge is 2.45. The van der Waals surface area contributed by atoms with Crippen molar-refractivity contribution in [2.75, 3.05) is 6.61 Å². The Kier molecular flexibility index (Phi) is 2.67. The smallest absolute Gasteiger partial charge is 0.161 e. The quantitative estimate of drug-likeness (QED) is 0.801. The third-order valence-electron chi connectivity index (χ3n) is 3.53. The Morgan fingerprint density at radius 3 is 3.00 bits per heavy atom. The zero-order valence-electron chi connectivity index (χ0n) is 9.50. The maximum atomic E-state index is 10.7. The summed E-state index contributed by atoms with van der Waals surface area (Å²) >= 11 is 0. The first-order chi connectivity index (χ1) is 8.19. The van der Waals surface area contributed by atoms with Crippen molar-refractivity contribution in [3.05, 3.63) is 35.4 Å². The molecule has 2 N–H and O–H groups in total. The average Bonchev–Trinajstić information content (AvgIpc) is 2.69. The standard InChI is InChI=1S/C13H16O4/c14-7-9-2-1-3-10(4-9)13(15)5-11-8-16-12(6-13)17-11/h1-4,11-12,14-15H,5-8H2/t11-,12+,13-/m1/s1. The highest BCUT2D eigenvalue weighted by molar-refractivity contribution is 5.28. The summed E-state index contributed by atoms with van der Waals surface area (Å²) in [6.45, 7) is 0.552. The molecule has 0 radical (unpaired) electrons. The van der Waals surface area contributed by atoms with Gasteiger partial charge in [0.2, 0.25) is 0 Å². The lowest BCUT2D eigenvalue weighted by molar-refractivity contribution is -0.159. The minimum Gasteiger partial charge on any atom is -0.392 e. The van der Waals surface area contributed by atoms with Gasteiger partial charge in [-0.25, -0.2) is 0 Å². The van der Waals surface area contributed by atoms with Gasteiger partial charge in [0.15, 0.2) is 6.29 Å². The minimum atomic E-state index is -0.894. The fraction of sp³-hybridized carbons (Fsp3) is 0.538. The summed E-state index contributed by atoms with van der Waals surface area (Å²) in [6.07, 6.45) is 0.699. The summed E-state index contributed by atoms with van der Waals surface area (Å²) in [5, 5.41) is 19.8. The molecular formula is C13H16O4. The van der Waals surface area contributed by atoms with Gasteiger partial charge >= 0.3 is 0 Å². The molecule has 2 heterocycles. The second kappa shape index (κ2) is 4.07. The van der Waals surface area contributed by atoms with Crippen molar-refractivity contribution < 1.29 is 19.7 Å². The lowest BCUT2D eigenvalue weighted by atomic mass is 9.83. The highest BCUT2D eigenvalue weighted by atomic mass is 16.7. The number of aliphatic hydroxyl groups is 2. The van der Waals surface area contributed by atoms with Gasteiger partial charge < -0.3 is 19.7 Å². The number of ether oxygens (including phenoxy) is 2. The van der Waals surface area contributed by atoms with Gasteiger partial charge in [-0.1, -0.05) is 24.3 Å². The van der Waals surface area contributed by atoms with E-state index in [1.807, 2.05) is 24.3 Å². The van der Waals surface area contributed by atoms with E-state index in [9.17, 15) is 5.11 Å². The molecule has 3 atom stereocenters. The van der Waals surface area contributed by atoms with Gasteiger partial charge in [-0.15, -0.1) is 0 Å². The zero-order chi connectivity index (χ0) is 11.9. The first-order valence-corrected chi connectivity index (χ1v) is 5.89. The van der Waals surface area contributed by atoms with Crippen LogP contribution in [-0.2, 0) is 21.7 Å². The Bertz CT molecular complexity index is 406. The number of hydrogen-bond donors (Lipinski definition) is 2. The third-order valence-corrected chi connectivity index (χ3v) is 3.53. The van der Waals surface area contributed by atoms with E-state index < -0.39 is 5.60 Å². The van der Waals surface area contributed by atoms with Crippen LogP contribution in [0.3, 0.4) is 0 Å². The van der Waals surface area contributed by atoms with E-state index in [0.717, 1.165) is 11.1 Å². The normalized spacial score (nSPS) is 36.1. The van der Waals surface area contributed by atoms with Crippen molar-refractivity contribution in [2.24, 2.45) is 0 Å². The number of hydrogen-bond acceptors (Lipinski definition) is 4. The zero-order valence-corrected chi connectivity index (χ0v) is 9.50. The van der Waals surface area contributed by atoms with E-state index >= 15 is 0 Å². The fourth-order valence-corrected chi connectivity index (χ4v) is 2.65. The molecule has 0 aliphatic carbocycles. The Balaban J connectivity index is 1.91. The van der Waals surface area contributed by atoms with Crippen LogP contribution < -0.4 is 0 Å². The van der Waals surface area contributed by atoms with Gasteiger partial charge in [0.05, 0.1) is 24.9 Å². The first kappa shape index (κ1) is 11.2. The molecule has 3 rings (SSSR count). The molecule has 2 aliphatic heterocycles. The highest BCUT2D eigenvalue weighted by Crippen LogP contribution is 2.41. The molecule has 0 aromatic heterocycles. The summed E-state index contributed by atoms with van der Waals surface area (Å²) in [4.78, 5) is 0. The van der Waals surface area contributed by atoms with Crippen LogP contribution in [0.4, 0.5) is 0 Å². The van der Waals surface area contributed by atoms with E-state index in [4.69, 9.17) is 14.6 Å². The van der Waals surface area contributed by atoms with Crippen molar-refractivity contribution >= 4 is 0 Å². The van der Waals surface area contributed by atoms with Crippen molar-refractivity contribution in [3.8, 4) is 0 Å². The first-order valence-electron chi connectivity index (χ1n) is 5.89. The van der Waals surface area contributed by atoms with Gasteiger partial charge in [0.25, 0.3) is 0 Å². The monoisotopic (exact) mass is 236 g/mol. The molecule has 4 heteroatoms. The number of aliphatic hydroxyl groups excluding tert-OH is 1. The van der Waals surface area contributed by atoms with E-state index in [2.05, 4.69) is 0 Å². The van der Waals surface area contributed by atoms with Crippen molar-refractivity contribution in [3.63, 3.8) is 0 Å². The number of rotatable bonds is 2. The second-order valence-electron chi connectivity index (χ2n) is 4.82. The van der Waals surface area contributed by atoms with Gasteiger partial charge in [0, 0.05) is 12.8 Å². The molecule has 2 aliphatic rings. The predicted molar refractivity (Wildman–Crippen MR) is 60.1 cm³/mol. The molecule has 0 amide bonds. The van der Waals surface area contributed by atoms with Crippen LogP contribution in [0.15, 0.2) is 24.3 Å². The molecule has 0 unspecified atom stereocenters. The second-order valence-corrected chi connectivity index (χ2v) is 4.82. The fourth-order valence-electron chi connectivity index (χ4n) is 2.65. The lowest BCUT2D eigenvalue weighted by Crippen LogP contribution is -2.39. The molecule has 4 nitrogen and oxygen atoms in total. The van der Waals surface area contributed by atoms with Crippen LogP contribution in [0.2, 0.25) is 0 Å². The van der Waals surface area contributed by atoms with Crippen molar-refractivity contribution in [1.82, 2.24) is 0 Å². The van der Waals surface area contributed by atoms with Crippen LogP contribution in [0.25, 0.3) is 0 Å². The summed E-state index contributed by atoms with van der Waals surface area (Å²) < 4.78 is 11.0. The Morgan fingerprint density at radius 1 is 1.35 bits per heavy atom. The van der Waals surface area contributed by atoms with Crippen LogP contribution in [-0.4, -0.2) is 29.2 Å². The molecule has 1 aromatic carbocycles. The molecule has 0 saturated carbocycles. The largest absolute Gasteiger partial charge is 0.392 e. The molecular weight excluding hydrogens is 220 g/mol. The Morgan fingerprint density at radius 2 is 2.24 bits per heavy atom. The molecule has 0 spiro atoms. The van der Waals surface area contributed by atoms with Crippen LogP contribution >= 0.6 is 0 Å². The molecule has 2 bridgehead atoms. The van der Waals surface area contributed by atoms with Crippen molar-refractivity contribution in [2.45, 2.75) is 37.4 Å². The van der Waals surface area contributed by atoms with Gasteiger partial charge in [0.1, 0.15) is 0 Å². The average molecular weight is 236 g/mol. The number of fused-ring (bicyclic) bond motifs is 2. The maximum Gasteiger partial charge on any atom is 0.161 e. The molecule has 1 aromatic rings. The minimum absolute atomic E-state index is 0.0101. The van der Waals surface area contributed by atoms with E-state index in [1.165, 1.54) is 0 Å². The van der Waals surface area contributed by atoms with E-state index in [0.29, 0.717) is 19.4 Å². The molecule has 2 saturated heterocycles. The van der Waals surface area contributed by atoms with Crippen LogP contribution in [0.1, 0.15) is 24.0 Å². The van der Waals surface area contributed by atoms with Gasteiger partial charge in [-0.3, -0.25) is 0 Å². The van der Waals surface area contributed by atoms with Gasteiger partial charge in [-0.05, 0) is 11.1 Å². The summed E-state index contributed by atoms with van der Waals surface area (Å²) in [6, 6.07) is 7.45. The maximum absolute atomic E-state index is 10.7. The van der Waals surface area contributed by atoms with Crippen molar-refractivity contribution in [1.29, 1.82) is 0 Å². The number of benzene rings is 1. The van der Waals surface area contributed by atoms with Crippen LogP contribution in [0, 0.1) is 0 Å². The lowest BCUT2D eigenvalue weighted by Gasteiger charge is -2.35. The van der Waals surface area contributed by atoms with Gasteiger partial charge in [-0.2, -0.15) is 0 Å². The summed E-state index contributed by atoms with van der Waals surface area (Å²) in [7, 11) is 0. The molecule has 2 fully saturated rings. The third kappa shape index (κ3) is 1.98. The predicted octanol–water partition coefficient (Wildman–Crippen LogP) is 0.902. The summed E-state index contributed by atoms with van der Waals surface area (Å²) in [5.74, 6) is 0. The topological polar surface area (TPSA) is 58.9 Å². The molecule has 92 valence electrons. The van der Waals surface area contributed by atoms with E-state index in [-0.39, 0.29) is 19.0 Å². The Hall–Kier alpha value is -0.940. The SMILES string of the molecule is OCc1cccc([C@@]2(O)C[C@@H]3CO[C@H](C2)O3)c1. The Labute approximate surface area is 99.8 Å².